The molecule has 21 heteroatoms. The van der Waals surface area contributed by atoms with Crippen LogP contribution in [0.3, 0.4) is 0 Å². The number of alkyl halides is 9. The predicted octanol–water partition coefficient (Wildman–Crippen LogP) is 4.26. The highest BCUT2D eigenvalue weighted by Gasteiger charge is 2.39. The standard InChI is InChI=1S/C20H28N4O2.3C2HF3O2/c1-23-15-22-19-12-24(10-17-3-2-6-21-9-17)11-18(20(19)23)14-26-13-16-4-7-25-8-5-16;3*3-2(4,5)1(6)7/h2-3,6,9,15-16,18H,4-5,7-8,10-14H2,1H3;3*(H,6,7). The van der Waals surface area contributed by atoms with Gasteiger partial charge in [0, 0.05) is 70.5 Å². The summed E-state index contributed by atoms with van der Waals surface area (Å²) in [5.41, 5.74) is 3.76. The highest BCUT2D eigenvalue weighted by Crippen LogP contribution is 2.29. The molecule has 3 N–H and O–H groups in total. The maximum absolute atomic E-state index is 10.6. The van der Waals surface area contributed by atoms with Gasteiger partial charge in [-0.05, 0) is 30.4 Å². The average molecular weight is 699 g/mol. The van der Waals surface area contributed by atoms with Gasteiger partial charge in [-0.3, -0.25) is 9.88 Å². The smallest absolute Gasteiger partial charge is 0.475 e. The number of pyridine rings is 1. The number of aryl methyl sites for hydroxylation is 1. The van der Waals surface area contributed by atoms with E-state index in [9.17, 15) is 39.5 Å². The zero-order valence-corrected chi connectivity index (χ0v) is 24.5. The first-order chi connectivity index (χ1) is 21.6. The molecule has 0 amide bonds. The number of halogens is 9. The van der Waals surface area contributed by atoms with Crippen molar-refractivity contribution in [3.8, 4) is 0 Å². The Morgan fingerprint density at radius 1 is 0.915 bits per heavy atom. The minimum atomic E-state index is -5.08. The van der Waals surface area contributed by atoms with Crippen LogP contribution < -0.4 is 0 Å². The molecular formula is C26H31F9N4O8. The van der Waals surface area contributed by atoms with Crippen LogP contribution in [0.15, 0.2) is 30.9 Å². The molecule has 2 aliphatic rings. The third-order valence-electron chi connectivity index (χ3n) is 6.17. The highest BCUT2D eigenvalue weighted by molar-refractivity contribution is 5.73. The van der Waals surface area contributed by atoms with Crippen molar-refractivity contribution in [2.75, 3.05) is 33.0 Å². The fraction of sp³-hybridized carbons (Fsp3) is 0.577. The summed E-state index contributed by atoms with van der Waals surface area (Å²) in [6, 6.07) is 4.14. The number of carbonyl (C=O) groups is 3. The van der Waals surface area contributed by atoms with Crippen molar-refractivity contribution in [1.82, 2.24) is 19.4 Å². The summed E-state index contributed by atoms with van der Waals surface area (Å²) in [5.74, 6) is -7.26. The Labute approximate surface area is 260 Å². The fourth-order valence-corrected chi connectivity index (χ4v) is 4.10. The first-order valence-electron chi connectivity index (χ1n) is 13.3. The molecule has 0 aliphatic carbocycles. The van der Waals surface area contributed by atoms with Crippen molar-refractivity contribution in [1.29, 1.82) is 0 Å². The number of fused-ring (bicyclic) bond motifs is 1. The van der Waals surface area contributed by atoms with E-state index < -0.39 is 36.4 Å². The van der Waals surface area contributed by atoms with E-state index in [-0.39, 0.29) is 0 Å². The van der Waals surface area contributed by atoms with E-state index in [2.05, 4.69) is 32.5 Å². The number of hydrogen-bond acceptors (Lipinski definition) is 8. The van der Waals surface area contributed by atoms with E-state index in [0.29, 0.717) is 11.8 Å². The first kappa shape index (κ1) is 41.0. The van der Waals surface area contributed by atoms with Crippen LogP contribution in [0, 0.1) is 5.92 Å². The zero-order chi connectivity index (χ0) is 36.0. The maximum atomic E-state index is 10.6. The van der Waals surface area contributed by atoms with Crippen LogP contribution in [0.5, 0.6) is 0 Å². The van der Waals surface area contributed by atoms with Crippen LogP contribution in [0.2, 0.25) is 0 Å². The Balaban J connectivity index is 0.000000430. The summed E-state index contributed by atoms with van der Waals surface area (Å²) in [5, 5.41) is 21.4. The quantitative estimate of drug-likeness (QED) is 0.370. The van der Waals surface area contributed by atoms with Crippen molar-refractivity contribution < 1.29 is 78.7 Å². The Morgan fingerprint density at radius 2 is 1.43 bits per heavy atom. The minimum absolute atomic E-state index is 0.364. The fourth-order valence-electron chi connectivity index (χ4n) is 4.10. The molecule has 1 unspecified atom stereocenters. The van der Waals surface area contributed by atoms with Crippen molar-refractivity contribution in [3.63, 3.8) is 0 Å². The van der Waals surface area contributed by atoms with Gasteiger partial charge in [0.2, 0.25) is 0 Å². The molecule has 1 saturated heterocycles. The largest absolute Gasteiger partial charge is 0.490 e. The second-order valence-corrected chi connectivity index (χ2v) is 9.92. The van der Waals surface area contributed by atoms with Crippen molar-refractivity contribution in [3.05, 3.63) is 47.8 Å². The van der Waals surface area contributed by atoms with E-state index >= 15 is 0 Å². The highest BCUT2D eigenvalue weighted by atomic mass is 19.4. The summed E-state index contributed by atoms with van der Waals surface area (Å²) in [7, 11) is 2.09. The molecule has 12 nitrogen and oxygen atoms in total. The molecule has 0 bridgehead atoms. The monoisotopic (exact) mass is 698 g/mol. The molecule has 266 valence electrons. The molecule has 1 fully saturated rings. The van der Waals surface area contributed by atoms with E-state index in [1.54, 1.807) is 0 Å². The number of aliphatic carboxylic acids is 3. The van der Waals surface area contributed by atoms with E-state index in [0.717, 1.165) is 58.9 Å². The van der Waals surface area contributed by atoms with Gasteiger partial charge in [-0.1, -0.05) is 6.07 Å². The topological polar surface area (TPSA) is 164 Å². The van der Waals surface area contributed by atoms with Gasteiger partial charge < -0.3 is 29.4 Å². The Bertz CT molecular complexity index is 1210. The maximum Gasteiger partial charge on any atom is 0.490 e. The number of ether oxygens (including phenoxy) is 2. The van der Waals surface area contributed by atoms with Crippen LogP contribution in [-0.4, -0.2) is 104 Å². The lowest BCUT2D eigenvalue weighted by Gasteiger charge is -2.33. The molecule has 47 heavy (non-hydrogen) atoms. The van der Waals surface area contributed by atoms with E-state index in [4.69, 9.17) is 39.2 Å². The number of nitrogens with zero attached hydrogens (tertiary/aromatic N) is 4. The molecule has 2 aromatic rings. The molecule has 0 spiro atoms. The van der Waals surface area contributed by atoms with Gasteiger partial charge in [0.1, 0.15) is 0 Å². The van der Waals surface area contributed by atoms with Gasteiger partial charge in [0.25, 0.3) is 0 Å². The number of rotatable bonds is 6. The SMILES string of the molecule is Cn1cnc2c1C(COCC1CCOCC1)CN(Cc1cccnc1)C2.O=C(O)C(F)(F)F.O=C(O)C(F)(F)F.O=C(O)C(F)(F)F. The lowest BCUT2D eigenvalue weighted by molar-refractivity contribution is -0.193. The van der Waals surface area contributed by atoms with Gasteiger partial charge in [-0.25, -0.2) is 19.4 Å². The van der Waals surface area contributed by atoms with Crippen molar-refractivity contribution in [2.45, 2.75) is 50.4 Å². The Morgan fingerprint density at radius 3 is 1.87 bits per heavy atom. The van der Waals surface area contributed by atoms with E-state index in [1.807, 2.05) is 24.8 Å². The van der Waals surface area contributed by atoms with Gasteiger partial charge in [-0.15, -0.1) is 0 Å². The second kappa shape index (κ2) is 18.4. The lowest BCUT2D eigenvalue weighted by Crippen LogP contribution is -2.36. The van der Waals surface area contributed by atoms with Crippen molar-refractivity contribution in [2.24, 2.45) is 13.0 Å². The summed E-state index contributed by atoms with van der Waals surface area (Å²) < 4.78 is 109. The van der Waals surface area contributed by atoms with Gasteiger partial charge in [-0.2, -0.15) is 39.5 Å². The molecule has 0 saturated carbocycles. The molecule has 4 rings (SSSR count). The number of carboxylic acid groups (broad SMARTS) is 3. The minimum Gasteiger partial charge on any atom is -0.475 e. The average Bonchev–Trinajstić information content (AvgIpc) is 3.34. The van der Waals surface area contributed by atoms with Gasteiger partial charge in [0.15, 0.2) is 0 Å². The Kier molecular flexibility index (Phi) is 16.1. The number of imidazole rings is 1. The van der Waals surface area contributed by atoms with Crippen molar-refractivity contribution >= 4 is 17.9 Å². The molecule has 0 radical (unpaired) electrons. The van der Waals surface area contributed by atoms with Crippen LogP contribution >= 0.6 is 0 Å². The molecular weight excluding hydrogens is 667 g/mol. The third-order valence-corrected chi connectivity index (χ3v) is 6.17. The summed E-state index contributed by atoms with van der Waals surface area (Å²) in [6.07, 6.45) is -7.30. The van der Waals surface area contributed by atoms with Crippen LogP contribution in [0.4, 0.5) is 39.5 Å². The zero-order valence-electron chi connectivity index (χ0n) is 24.5. The number of carboxylic acids is 3. The number of hydrogen-bond donors (Lipinski definition) is 3. The first-order valence-corrected chi connectivity index (χ1v) is 13.3. The number of aromatic nitrogens is 3. The molecule has 4 heterocycles. The normalized spacial score (nSPS) is 17.0. The van der Waals surface area contributed by atoms with Crippen LogP contribution in [0.25, 0.3) is 0 Å². The molecule has 1 atom stereocenters. The third kappa shape index (κ3) is 15.9. The summed E-state index contributed by atoms with van der Waals surface area (Å²) in [4.78, 5) is 38.0. The van der Waals surface area contributed by atoms with Crippen LogP contribution in [0.1, 0.15) is 35.7 Å². The summed E-state index contributed by atoms with van der Waals surface area (Å²) in [6.45, 7) is 6.14. The second-order valence-electron chi connectivity index (χ2n) is 9.92. The lowest BCUT2D eigenvalue weighted by atomic mass is 9.98. The Hall–Kier alpha value is -3.98. The molecule has 0 aromatic carbocycles. The van der Waals surface area contributed by atoms with Crippen LogP contribution in [-0.2, 0) is 44.0 Å². The van der Waals surface area contributed by atoms with E-state index in [1.165, 1.54) is 17.0 Å². The molecule has 2 aliphatic heterocycles. The molecule has 2 aromatic heterocycles. The summed E-state index contributed by atoms with van der Waals surface area (Å²) >= 11 is 0. The van der Waals surface area contributed by atoms with Gasteiger partial charge >= 0.3 is 36.4 Å². The van der Waals surface area contributed by atoms with Gasteiger partial charge in [0.05, 0.1) is 18.6 Å². The predicted molar refractivity (Wildman–Crippen MR) is 140 cm³/mol.